The molecule has 0 N–H and O–H groups in total. The van der Waals surface area contributed by atoms with E-state index in [2.05, 4.69) is 18.1 Å². The maximum atomic E-state index is 4.01. The summed E-state index contributed by atoms with van der Waals surface area (Å²) in [5.74, 6) is 0. The molecule has 1 aromatic heterocycles. The van der Waals surface area contributed by atoms with Crippen molar-refractivity contribution in [3.05, 3.63) is 54.2 Å². The molecule has 1 aromatic rings. The van der Waals surface area contributed by atoms with Gasteiger partial charge in [0.25, 0.3) is 0 Å². The summed E-state index contributed by atoms with van der Waals surface area (Å²) in [7, 11) is 0. The lowest BCUT2D eigenvalue weighted by Crippen LogP contribution is -2.23. The van der Waals surface area contributed by atoms with Gasteiger partial charge < -0.3 is 0 Å². The lowest BCUT2D eigenvalue weighted by atomic mass is 10.2. The zero-order chi connectivity index (χ0) is 8.81. The Kier molecular flexibility index (Phi) is 3.03. The van der Waals surface area contributed by atoms with E-state index in [9.17, 15) is 0 Å². The molecule has 0 spiro atoms. The zero-order valence-corrected chi connectivity index (χ0v) is 6.90. The monoisotopic (exact) mass is 157 g/mol. The first kappa shape index (κ1) is 8.47. The molecule has 0 atom stereocenters. The highest BCUT2D eigenvalue weighted by atomic mass is 14.6. The number of rotatable bonds is 2. The fourth-order valence-electron chi connectivity index (χ4n) is 0.962. The molecular formula is C11H11N. The van der Waals surface area contributed by atoms with Crippen molar-refractivity contribution in [2.45, 2.75) is 0 Å². The summed E-state index contributed by atoms with van der Waals surface area (Å²) < 4.78 is 0. The van der Waals surface area contributed by atoms with Crippen LogP contribution in [0.15, 0.2) is 43.8 Å². The van der Waals surface area contributed by atoms with E-state index in [0.29, 0.717) is 0 Å². The molecule has 1 nitrogen and oxygen atoms in total. The molecule has 0 fully saturated rings. The van der Waals surface area contributed by atoms with Gasteiger partial charge >= 0.3 is 0 Å². The summed E-state index contributed by atoms with van der Waals surface area (Å²) in [6.45, 7) is 7.28. The van der Waals surface area contributed by atoms with Crippen LogP contribution in [0.25, 0.3) is 12.2 Å². The Morgan fingerprint density at radius 1 is 1.08 bits per heavy atom. The molecule has 0 aliphatic heterocycles. The van der Waals surface area contributed by atoms with Crippen LogP contribution >= 0.6 is 0 Å². The normalized spacial score (nSPS) is 13.0. The summed E-state index contributed by atoms with van der Waals surface area (Å²) in [4.78, 5) is 4.01. The molecule has 0 unspecified atom stereocenters. The number of aromatic nitrogens is 1. The Labute approximate surface area is 72.1 Å². The maximum absolute atomic E-state index is 4.01. The van der Waals surface area contributed by atoms with Gasteiger partial charge in [0.05, 0.1) is 0 Å². The van der Waals surface area contributed by atoms with Gasteiger partial charge in [-0.2, -0.15) is 0 Å². The predicted molar refractivity (Wildman–Crippen MR) is 52.8 cm³/mol. The first-order valence-corrected chi connectivity index (χ1v) is 3.74. The molecule has 12 heavy (non-hydrogen) atoms. The molecule has 0 aliphatic rings. The van der Waals surface area contributed by atoms with Crippen molar-refractivity contribution < 1.29 is 0 Å². The highest BCUT2D eigenvalue weighted by molar-refractivity contribution is 5.41. The Bertz CT molecular complexity index is 349. The number of pyridine rings is 1. The van der Waals surface area contributed by atoms with Crippen LogP contribution in [-0.2, 0) is 0 Å². The fourth-order valence-corrected chi connectivity index (χ4v) is 0.962. The van der Waals surface area contributed by atoms with E-state index in [4.69, 9.17) is 0 Å². The fraction of sp³-hybridized carbons (Fsp3) is 0. The molecular weight excluding hydrogens is 146 g/mol. The third kappa shape index (κ3) is 1.92. The first-order valence-electron chi connectivity index (χ1n) is 3.74. The van der Waals surface area contributed by atoms with Crippen LogP contribution < -0.4 is 10.4 Å². The van der Waals surface area contributed by atoms with Gasteiger partial charge in [0.1, 0.15) is 0 Å². The van der Waals surface area contributed by atoms with Crippen molar-refractivity contribution in [1.82, 2.24) is 4.98 Å². The minimum absolute atomic E-state index is 1.06. The third-order valence-electron chi connectivity index (χ3n) is 1.48. The van der Waals surface area contributed by atoms with Crippen LogP contribution in [0.2, 0.25) is 0 Å². The molecule has 0 saturated carbocycles. The Morgan fingerprint density at radius 2 is 1.75 bits per heavy atom. The Morgan fingerprint density at radius 3 is 2.42 bits per heavy atom. The highest BCUT2D eigenvalue weighted by Crippen LogP contribution is 1.69. The third-order valence-corrected chi connectivity index (χ3v) is 1.48. The van der Waals surface area contributed by atoms with Crippen molar-refractivity contribution in [2.75, 3.05) is 0 Å². The standard InChI is InChI=1S/C11H11N/c1-3-5-10-7-8-12-9-11(10)6-4-2/h3-9H,1-2H2. The van der Waals surface area contributed by atoms with Crippen LogP contribution in [0.3, 0.4) is 0 Å². The molecule has 0 radical (unpaired) electrons. The van der Waals surface area contributed by atoms with E-state index in [1.54, 1.807) is 24.5 Å². The van der Waals surface area contributed by atoms with Gasteiger partial charge in [-0.05, 0) is 16.5 Å². The van der Waals surface area contributed by atoms with Gasteiger partial charge in [-0.1, -0.05) is 37.5 Å². The van der Waals surface area contributed by atoms with Gasteiger partial charge in [0, 0.05) is 12.4 Å². The molecule has 0 saturated heterocycles. The van der Waals surface area contributed by atoms with Crippen LogP contribution in [0.4, 0.5) is 0 Å². The van der Waals surface area contributed by atoms with E-state index in [1.807, 2.05) is 18.2 Å². The van der Waals surface area contributed by atoms with Crippen LogP contribution in [0, 0.1) is 0 Å². The van der Waals surface area contributed by atoms with Crippen LogP contribution in [0.5, 0.6) is 0 Å². The second-order valence-electron chi connectivity index (χ2n) is 2.31. The predicted octanol–water partition coefficient (Wildman–Crippen LogP) is 1.01. The lowest BCUT2D eigenvalue weighted by molar-refractivity contribution is 1.27. The van der Waals surface area contributed by atoms with Crippen molar-refractivity contribution in [2.24, 2.45) is 0 Å². The van der Waals surface area contributed by atoms with Gasteiger partial charge in [0.2, 0.25) is 0 Å². The second kappa shape index (κ2) is 4.29. The van der Waals surface area contributed by atoms with Crippen molar-refractivity contribution in [3.63, 3.8) is 0 Å². The van der Waals surface area contributed by atoms with Crippen molar-refractivity contribution >= 4 is 12.2 Å². The SMILES string of the molecule is C=CC=c1ccncc1=CC=C. The van der Waals surface area contributed by atoms with E-state index in [-0.39, 0.29) is 0 Å². The maximum Gasteiger partial charge on any atom is 0.0346 e. The summed E-state index contributed by atoms with van der Waals surface area (Å²) in [6.07, 6.45) is 10.9. The quantitative estimate of drug-likeness (QED) is 0.624. The molecule has 0 bridgehead atoms. The summed E-state index contributed by atoms with van der Waals surface area (Å²) >= 11 is 0. The smallest absolute Gasteiger partial charge is 0.0346 e. The van der Waals surface area contributed by atoms with Crippen LogP contribution in [0.1, 0.15) is 0 Å². The molecule has 0 aliphatic carbocycles. The number of allylic oxidation sites excluding steroid dienone is 2. The zero-order valence-electron chi connectivity index (χ0n) is 6.90. The molecule has 1 heterocycles. The molecule has 1 rings (SSSR count). The minimum Gasteiger partial charge on any atom is -0.264 e. The molecule has 1 heteroatoms. The topological polar surface area (TPSA) is 12.9 Å². The number of nitrogens with zero attached hydrogens (tertiary/aromatic N) is 1. The molecule has 60 valence electrons. The summed E-state index contributed by atoms with van der Waals surface area (Å²) in [5, 5.41) is 2.17. The van der Waals surface area contributed by atoms with E-state index >= 15 is 0 Å². The molecule has 0 aromatic carbocycles. The van der Waals surface area contributed by atoms with Crippen molar-refractivity contribution in [3.8, 4) is 0 Å². The highest BCUT2D eigenvalue weighted by Gasteiger charge is 1.80. The Hall–Kier alpha value is -1.63. The van der Waals surface area contributed by atoms with E-state index in [0.717, 1.165) is 10.4 Å². The first-order chi connectivity index (χ1) is 5.88. The van der Waals surface area contributed by atoms with E-state index < -0.39 is 0 Å². The van der Waals surface area contributed by atoms with E-state index in [1.165, 1.54) is 0 Å². The van der Waals surface area contributed by atoms with Gasteiger partial charge in [0.15, 0.2) is 0 Å². The Balaban J connectivity index is 3.47. The number of hydrogen-bond donors (Lipinski definition) is 0. The van der Waals surface area contributed by atoms with Gasteiger partial charge in [-0.15, -0.1) is 0 Å². The lowest BCUT2D eigenvalue weighted by Gasteiger charge is -1.86. The van der Waals surface area contributed by atoms with Gasteiger partial charge in [-0.3, -0.25) is 4.98 Å². The second-order valence-corrected chi connectivity index (χ2v) is 2.31. The molecule has 0 amide bonds. The van der Waals surface area contributed by atoms with Crippen molar-refractivity contribution in [1.29, 1.82) is 0 Å². The average molecular weight is 157 g/mol. The van der Waals surface area contributed by atoms with Gasteiger partial charge in [-0.25, -0.2) is 0 Å². The average Bonchev–Trinajstić information content (AvgIpc) is 2.09. The largest absolute Gasteiger partial charge is 0.264 e. The summed E-state index contributed by atoms with van der Waals surface area (Å²) in [5.41, 5.74) is 0. The minimum atomic E-state index is 1.06. The number of hydrogen-bond acceptors (Lipinski definition) is 1. The summed E-state index contributed by atoms with van der Waals surface area (Å²) in [6, 6.07) is 1.94. The van der Waals surface area contributed by atoms with Crippen LogP contribution in [-0.4, -0.2) is 4.98 Å².